The number of nitrogens with zero attached hydrogens (tertiary/aromatic N) is 1. The first-order valence-corrected chi connectivity index (χ1v) is 6.66. The Morgan fingerprint density at radius 2 is 1.86 bits per heavy atom. The number of rotatable bonds is 1. The van der Waals surface area contributed by atoms with Crippen molar-refractivity contribution in [1.29, 1.82) is 0 Å². The molecule has 2 N–H and O–H groups in total. The number of carbonyl (C=O) groups is 1. The number of nitrogen functional groups attached to an aromatic ring is 1. The van der Waals surface area contributed by atoms with Crippen LogP contribution in [0, 0.1) is 11.6 Å². The molecule has 1 aliphatic rings. The molecule has 0 aliphatic carbocycles. The Kier molecular flexibility index (Phi) is 3.33. The van der Waals surface area contributed by atoms with Gasteiger partial charge in [0.2, 0.25) is 0 Å². The van der Waals surface area contributed by atoms with Crippen molar-refractivity contribution in [1.82, 2.24) is 4.90 Å². The van der Waals surface area contributed by atoms with Gasteiger partial charge in [0.25, 0.3) is 5.91 Å². The van der Waals surface area contributed by atoms with Crippen LogP contribution in [0.15, 0.2) is 36.4 Å². The van der Waals surface area contributed by atoms with Crippen LogP contribution in [-0.4, -0.2) is 17.4 Å². The third-order valence-electron chi connectivity index (χ3n) is 3.70. The smallest absolute Gasteiger partial charge is 0.254 e. The minimum Gasteiger partial charge on any atom is -0.399 e. The van der Waals surface area contributed by atoms with Crippen LogP contribution in [-0.2, 0) is 13.0 Å². The molecule has 0 saturated heterocycles. The fraction of sp³-hybridized carbons (Fsp3) is 0.188. The van der Waals surface area contributed by atoms with Crippen LogP contribution >= 0.6 is 0 Å². The summed E-state index contributed by atoms with van der Waals surface area (Å²) < 4.78 is 26.2. The molecule has 0 atom stereocenters. The molecule has 0 radical (unpaired) electrons. The first kappa shape index (κ1) is 13.5. The van der Waals surface area contributed by atoms with Crippen LogP contribution in [0.25, 0.3) is 0 Å². The zero-order valence-corrected chi connectivity index (χ0v) is 11.3. The normalized spacial score (nSPS) is 13.9. The monoisotopic (exact) mass is 288 g/mol. The van der Waals surface area contributed by atoms with Crippen molar-refractivity contribution in [2.75, 3.05) is 12.3 Å². The fourth-order valence-corrected chi connectivity index (χ4v) is 2.56. The summed E-state index contributed by atoms with van der Waals surface area (Å²) in [7, 11) is 0. The van der Waals surface area contributed by atoms with E-state index in [1.165, 1.54) is 11.6 Å². The topological polar surface area (TPSA) is 46.3 Å². The summed E-state index contributed by atoms with van der Waals surface area (Å²) in [4.78, 5) is 14.0. The summed E-state index contributed by atoms with van der Waals surface area (Å²) in [5, 5.41) is 0. The standard InChI is InChI=1S/C16H14F2N2O/c17-14-4-2-11(8-15(14)18)16(21)20-6-5-10-1-3-13(19)7-12(10)9-20/h1-4,7-8H,5-6,9,19H2. The van der Waals surface area contributed by atoms with E-state index in [-0.39, 0.29) is 11.5 Å². The Labute approximate surface area is 121 Å². The first-order valence-electron chi connectivity index (χ1n) is 6.66. The number of nitrogens with two attached hydrogens (primary N) is 1. The number of benzene rings is 2. The van der Waals surface area contributed by atoms with Gasteiger partial charge in [0, 0.05) is 24.3 Å². The summed E-state index contributed by atoms with van der Waals surface area (Å²) in [6, 6.07) is 8.86. The van der Waals surface area contributed by atoms with Crippen molar-refractivity contribution >= 4 is 11.6 Å². The third kappa shape index (κ3) is 2.59. The molecule has 3 rings (SSSR count). The second-order valence-corrected chi connectivity index (χ2v) is 5.13. The Morgan fingerprint density at radius 1 is 1.05 bits per heavy atom. The van der Waals surface area contributed by atoms with Crippen molar-refractivity contribution < 1.29 is 13.6 Å². The highest BCUT2D eigenvalue weighted by Crippen LogP contribution is 2.23. The Morgan fingerprint density at radius 3 is 2.62 bits per heavy atom. The van der Waals surface area contributed by atoms with Gasteiger partial charge in [-0.25, -0.2) is 8.78 Å². The van der Waals surface area contributed by atoms with Gasteiger partial charge in [-0.15, -0.1) is 0 Å². The quantitative estimate of drug-likeness (QED) is 0.820. The van der Waals surface area contributed by atoms with Gasteiger partial charge in [0.05, 0.1) is 0 Å². The summed E-state index contributed by atoms with van der Waals surface area (Å²) in [5.74, 6) is -2.27. The van der Waals surface area contributed by atoms with E-state index >= 15 is 0 Å². The molecule has 1 amide bonds. The van der Waals surface area contributed by atoms with Gasteiger partial charge < -0.3 is 10.6 Å². The predicted molar refractivity (Wildman–Crippen MR) is 75.7 cm³/mol. The molecule has 1 heterocycles. The van der Waals surface area contributed by atoms with Crippen LogP contribution in [0.3, 0.4) is 0 Å². The molecule has 0 bridgehead atoms. The molecule has 5 heteroatoms. The summed E-state index contributed by atoms with van der Waals surface area (Å²) in [6.07, 6.45) is 0.727. The SMILES string of the molecule is Nc1ccc2c(c1)CN(C(=O)c1ccc(F)c(F)c1)CC2. The summed E-state index contributed by atoms with van der Waals surface area (Å²) in [6.45, 7) is 0.979. The highest BCUT2D eigenvalue weighted by Gasteiger charge is 2.22. The maximum absolute atomic E-state index is 13.2. The third-order valence-corrected chi connectivity index (χ3v) is 3.70. The molecule has 21 heavy (non-hydrogen) atoms. The average molecular weight is 288 g/mol. The maximum atomic E-state index is 13.2. The largest absolute Gasteiger partial charge is 0.399 e. The van der Waals surface area contributed by atoms with E-state index in [4.69, 9.17) is 5.73 Å². The van der Waals surface area contributed by atoms with Crippen LogP contribution in [0.4, 0.5) is 14.5 Å². The second-order valence-electron chi connectivity index (χ2n) is 5.13. The van der Waals surface area contributed by atoms with E-state index in [0.29, 0.717) is 18.8 Å². The van der Waals surface area contributed by atoms with Gasteiger partial charge in [-0.05, 0) is 47.9 Å². The zero-order chi connectivity index (χ0) is 15.0. The van der Waals surface area contributed by atoms with Crippen molar-refractivity contribution in [2.45, 2.75) is 13.0 Å². The minimum absolute atomic E-state index is 0.154. The highest BCUT2D eigenvalue weighted by molar-refractivity contribution is 5.94. The van der Waals surface area contributed by atoms with E-state index in [1.54, 1.807) is 4.90 Å². The number of hydrogen-bond donors (Lipinski definition) is 1. The molecule has 2 aromatic carbocycles. The van der Waals surface area contributed by atoms with Gasteiger partial charge in [-0.1, -0.05) is 6.07 Å². The molecule has 0 saturated carbocycles. The number of fused-ring (bicyclic) bond motifs is 1. The lowest BCUT2D eigenvalue weighted by Gasteiger charge is -2.29. The second kappa shape index (κ2) is 5.16. The molecule has 0 aromatic heterocycles. The van der Waals surface area contributed by atoms with Crippen molar-refractivity contribution in [2.24, 2.45) is 0 Å². The zero-order valence-electron chi connectivity index (χ0n) is 11.3. The lowest BCUT2D eigenvalue weighted by atomic mass is 9.98. The molecule has 108 valence electrons. The van der Waals surface area contributed by atoms with Gasteiger partial charge in [-0.2, -0.15) is 0 Å². The van der Waals surface area contributed by atoms with E-state index in [2.05, 4.69) is 0 Å². The molecular weight excluding hydrogens is 274 g/mol. The number of anilines is 1. The molecule has 0 spiro atoms. The summed E-state index contributed by atoms with van der Waals surface area (Å²) in [5.41, 5.74) is 8.72. The number of carbonyl (C=O) groups excluding carboxylic acids is 1. The molecule has 0 fully saturated rings. The number of halogens is 2. The van der Waals surface area contributed by atoms with Crippen LogP contribution in [0.2, 0.25) is 0 Å². The van der Waals surface area contributed by atoms with Gasteiger partial charge in [-0.3, -0.25) is 4.79 Å². The van der Waals surface area contributed by atoms with Gasteiger partial charge in [0.1, 0.15) is 0 Å². The van der Waals surface area contributed by atoms with Crippen molar-refractivity contribution in [3.05, 3.63) is 64.7 Å². The Balaban J connectivity index is 1.85. The first-order chi connectivity index (χ1) is 10.0. The molecule has 0 unspecified atom stereocenters. The average Bonchev–Trinajstić information content (AvgIpc) is 2.48. The van der Waals surface area contributed by atoms with E-state index < -0.39 is 11.6 Å². The van der Waals surface area contributed by atoms with Gasteiger partial charge >= 0.3 is 0 Å². The van der Waals surface area contributed by atoms with Crippen LogP contribution in [0.1, 0.15) is 21.5 Å². The van der Waals surface area contributed by atoms with Crippen molar-refractivity contribution in [3.63, 3.8) is 0 Å². The molecule has 2 aromatic rings. The van der Waals surface area contributed by atoms with Crippen molar-refractivity contribution in [3.8, 4) is 0 Å². The maximum Gasteiger partial charge on any atom is 0.254 e. The molecule has 1 aliphatic heterocycles. The minimum atomic E-state index is -1.01. The Hall–Kier alpha value is -2.43. The van der Waals surface area contributed by atoms with Gasteiger partial charge in [0.15, 0.2) is 11.6 Å². The molecule has 3 nitrogen and oxygen atoms in total. The summed E-state index contributed by atoms with van der Waals surface area (Å²) >= 11 is 0. The lowest BCUT2D eigenvalue weighted by Crippen LogP contribution is -2.36. The predicted octanol–water partition coefficient (Wildman–Crippen LogP) is 2.75. The van der Waals surface area contributed by atoms with E-state index in [0.717, 1.165) is 24.1 Å². The van der Waals surface area contributed by atoms with Crippen LogP contribution < -0.4 is 5.73 Å². The fourth-order valence-electron chi connectivity index (χ4n) is 2.56. The number of amides is 1. The highest BCUT2D eigenvalue weighted by atomic mass is 19.2. The van der Waals surface area contributed by atoms with Crippen LogP contribution in [0.5, 0.6) is 0 Å². The van der Waals surface area contributed by atoms with E-state index in [9.17, 15) is 13.6 Å². The number of hydrogen-bond acceptors (Lipinski definition) is 2. The molecular formula is C16H14F2N2O. The lowest BCUT2D eigenvalue weighted by molar-refractivity contribution is 0.0734. The van der Waals surface area contributed by atoms with E-state index in [1.807, 2.05) is 18.2 Å². The Bertz CT molecular complexity index is 715.